The van der Waals surface area contributed by atoms with E-state index in [4.69, 9.17) is 10.5 Å². The molecule has 1 fully saturated rings. The van der Waals surface area contributed by atoms with Gasteiger partial charge in [0.15, 0.2) is 0 Å². The smallest absolute Gasteiger partial charge is 0.124 e. The van der Waals surface area contributed by atoms with Gasteiger partial charge in [0.25, 0.3) is 0 Å². The van der Waals surface area contributed by atoms with Crippen LogP contribution < -0.4 is 10.5 Å². The van der Waals surface area contributed by atoms with Crippen LogP contribution in [0, 0.1) is 0 Å². The molecule has 1 aliphatic rings. The number of methoxy groups -OCH3 is 1. The van der Waals surface area contributed by atoms with E-state index >= 15 is 0 Å². The molecule has 0 amide bonds. The highest BCUT2D eigenvalue weighted by molar-refractivity contribution is 5.87. The number of nitrogens with two attached hydrogens (primary N) is 1. The second kappa shape index (κ2) is 4.02. The predicted molar refractivity (Wildman–Crippen MR) is 73.8 cm³/mol. The molecule has 0 atom stereocenters. The zero-order chi connectivity index (χ0) is 12.8. The van der Waals surface area contributed by atoms with E-state index in [2.05, 4.69) is 29.9 Å². The number of benzene rings is 1. The molecule has 2 N–H and O–H groups in total. The minimum Gasteiger partial charge on any atom is -0.496 e. The lowest BCUT2D eigenvalue weighted by Crippen LogP contribution is -2.33. The number of hydrogen-bond acceptors (Lipinski definition) is 2. The molecule has 3 heteroatoms. The maximum atomic E-state index is 6.64. The first-order chi connectivity index (χ1) is 8.65. The summed E-state index contributed by atoms with van der Waals surface area (Å²) < 4.78 is 7.69. The van der Waals surface area contributed by atoms with Crippen molar-refractivity contribution >= 4 is 10.9 Å². The molecule has 1 aromatic heterocycles. The van der Waals surface area contributed by atoms with Crippen molar-refractivity contribution < 1.29 is 4.74 Å². The van der Waals surface area contributed by atoms with E-state index in [1.807, 2.05) is 6.07 Å². The second-order valence-electron chi connectivity index (χ2n) is 5.37. The summed E-state index contributed by atoms with van der Waals surface area (Å²) in [7, 11) is 3.79. The normalized spacial score (nSPS) is 18.4. The van der Waals surface area contributed by atoms with Gasteiger partial charge in [0.05, 0.1) is 7.11 Å². The van der Waals surface area contributed by atoms with Gasteiger partial charge in [-0.3, -0.25) is 0 Å². The fraction of sp³-hybridized carbons (Fsp3) is 0.467. The number of fused-ring (bicyclic) bond motifs is 1. The summed E-state index contributed by atoms with van der Waals surface area (Å²) in [6.45, 7) is 0. The van der Waals surface area contributed by atoms with E-state index in [1.165, 1.54) is 29.3 Å². The van der Waals surface area contributed by atoms with Crippen LogP contribution in [-0.4, -0.2) is 11.7 Å². The molecule has 0 bridgehead atoms. The number of aryl methyl sites for hydroxylation is 1. The molecule has 2 aromatic rings. The highest BCUT2D eigenvalue weighted by atomic mass is 16.5. The molecular weight excluding hydrogens is 224 g/mol. The van der Waals surface area contributed by atoms with E-state index in [0.29, 0.717) is 0 Å². The van der Waals surface area contributed by atoms with Crippen LogP contribution >= 0.6 is 0 Å². The van der Waals surface area contributed by atoms with Gasteiger partial charge in [-0.2, -0.15) is 0 Å². The minimum absolute atomic E-state index is 0.216. The average molecular weight is 244 g/mol. The molecule has 1 aromatic carbocycles. The van der Waals surface area contributed by atoms with Crippen LogP contribution in [0.5, 0.6) is 5.75 Å². The molecule has 0 spiro atoms. The molecule has 1 saturated carbocycles. The topological polar surface area (TPSA) is 40.2 Å². The predicted octanol–water partition coefficient (Wildman–Crippen LogP) is 2.91. The molecule has 3 rings (SSSR count). The zero-order valence-electron chi connectivity index (χ0n) is 11.1. The Morgan fingerprint density at radius 2 is 1.94 bits per heavy atom. The second-order valence-corrected chi connectivity index (χ2v) is 5.37. The van der Waals surface area contributed by atoms with Crippen LogP contribution in [0.15, 0.2) is 24.4 Å². The first-order valence-electron chi connectivity index (χ1n) is 6.57. The molecular formula is C15H20N2O. The summed E-state index contributed by atoms with van der Waals surface area (Å²) in [4.78, 5) is 0. The summed E-state index contributed by atoms with van der Waals surface area (Å²) in [6, 6.07) is 6.31. The molecule has 0 saturated heterocycles. The van der Waals surface area contributed by atoms with Gasteiger partial charge < -0.3 is 15.0 Å². The van der Waals surface area contributed by atoms with Crippen molar-refractivity contribution in [3.8, 4) is 5.75 Å². The summed E-state index contributed by atoms with van der Waals surface area (Å²) in [5.74, 6) is 0.929. The monoisotopic (exact) mass is 244 g/mol. The number of hydrogen-bond donors (Lipinski definition) is 1. The molecule has 1 heterocycles. The standard InChI is InChI=1S/C15H20N2O/c1-17-10-7-11-12(17)5-6-13(18-2)14(11)15(16)8-3-4-9-15/h5-7,10H,3-4,8-9,16H2,1-2H3. The first-order valence-corrected chi connectivity index (χ1v) is 6.57. The van der Waals surface area contributed by atoms with E-state index in [9.17, 15) is 0 Å². The molecule has 0 radical (unpaired) electrons. The van der Waals surface area contributed by atoms with Crippen LogP contribution in [0.3, 0.4) is 0 Å². The van der Waals surface area contributed by atoms with Gasteiger partial charge in [-0.25, -0.2) is 0 Å². The molecule has 1 aliphatic carbocycles. The van der Waals surface area contributed by atoms with Gasteiger partial charge in [-0.05, 0) is 31.0 Å². The fourth-order valence-corrected chi connectivity index (χ4v) is 3.27. The van der Waals surface area contributed by atoms with Crippen LogP contribution in [0.4, 0.5) is 0 Å². The van der Waals surface area contributed by atoms with Crippen LogP contribution in [-0.2, 0) is 12.6 Å². The number of ether oxygens (including phenoxy) is 1. The van der Waals surface area contributed by atoms with E-state index in [0.717, 1.165) is 18.6 Å². The number of nitrogens with zero attached hydrogens (tertiary/aromatic N) is 1. The molecule has 18 heavy (non-hydrogen) atoms. The van der Waals surface area contributed by atoms with Crippen LogP contribution in [0.1, 0.15) is 31.2 Å². The zero-order valence-corrected chi connectivity index (χ0v) is 11.1. The van der Waals surface area contributed by atoms with Crippen LogP contribution in [0.2, 0.25) is 0 Å². The average Bonchev–Trinajstić information content (AvgIpc) is 2.96. The Balaban J connectivity index is 2.30. The van der Waals surface area contributed by atoms with Crippen molar-refractivity contribution in [3.05, 3.63) is 30.0 Å². The lowest BCUT2D eigenvalue weighted by atomic mass is 9.86. The first kappa shape index (κ1) is 11.6. The van der Waals surface area contributed by atoms with Crippen LogP contribution in [0.25, 0.3) is 10.9 Å². The Hall–Kier alpha value is -1.48. The van der Waals surface area contributed by atoms with E-state index in [-0.39, 0.29) is 5.54 Å². The summed E-state index contributed by atoms with van der Waals surface area (Å²) in [5, 5.41) is 1.24. The summed E-state index contributed by atoms with van der Waals surface area (Å²) in [5.41, 5.74) is 8.85. The lowest BCUT2D eigenvalue weighted by Gasteiger charge is -2.27. The van der Waals surface area contributed by atoms with Crippen molar-refractivity contribution in [1.82, 2.24) is 4.57 Å². The largest absolute Gasteiger partial charge is 0.496 e. The van der Waals surface area contributed by atoms with Crippen molar-refractivity contribution in [1.29, 1.82) is 0 Å². The Bertz CT molecular complexity index is 579. The van der Waals surface area contributed by atoms with Crippen molar-refractivity contribution in [2.45, 2.75) is 31.2 Å². The van der Waals surface area contributed by atoms with Gasteiger partial charge >= 0.3 is 0 Å². The van der Waals surface area contributed by atoms with Gasteiger partial charge in [-0.1, -0.05) is 12.8 Å². The van der Waals surface area contributed by atoms with E-state index in [1.54, 1.807) is 7.11 Å². The SMILES string of the molecule is COc1ccc2c(ccn2C)c1C1(N)CCCC1. The third-order valence-electron chi connectivity index (χ3n) is 4.24. The van der Waals surface area contributed by atoms with Gasteiger partial charge in [0.2, 0.25) is 0 Å². The number of aromatic nitrogens is 1. The Kier molecular flexibility index (Phi) is 2.59. The maximum Gasteiger partial charge on any atom is 0.124 e. The highest BCUT2D eigenvalue weighted by Gasteiger charge is 2.35. The molecule has 0 aliphatic heterocycles. The van der Waals surface area contributed by atoms with Crippen molar-refractivity contribution in [2.75, 3.05) is 7.11 Å². The third kappa shape index (κ3) is 1.54. The minimum atomic E-state index is -0.216. The van der Waals surface area contributed by atoms with Crippen molar-refractivity contribution in [3.63, 3.8) is 0 Å². The quantitative estimate of drug-likeness (QED) is 0.882. The Morgan fingerprint density at radius 1 is 1.22 bits per heavy atom. The molecule has 96 valence electrons. The van der Waals surface area contributed by atoms with Gasteiger partial charge in [-0.15, -0.1) is 0 Å². The Morgan fingerprint density at radius 3 is 2.61 bits per heavy atom. The van der Waals surface area contributed by atoms with Gasteiger partial charge in [0, 0.05) is 35.2 Å². The van der Waals surface area contributed by atoms with Crippen molar-refractivity contribution in [2.24, 2.45) is 12.8 Å². The van der Waals surface area contributed by atoms with E-state index < -0.39 is 0 Å². The lowest BCUT2D eigenvalue weighted by molar-refractivity contribution is 0.382. The summed E-state index contributed by atoms with van der Waals surface area (Å²) >= 11 is 0. The Labute approximate surface area is 108 Å². The summed E-state index contributed by atoms with van der Waals surface area (Å²) in [6.07, 6.45) is 6.62. The third-order valence-corrected chi connectivity index (χ3v) is 4.24. The number of rotatable bonds is 2. The highest BCUT2D eigenvalue weighted by Crippen LogP contribution is 2.44. The molecule has 3 nitrogen and oxygen atoms in total. The van der Waals surface area contributed by atoms with Gasteiger partial charge in [0.1, 0.15) is 5.75 Å². The maximum absolute atomic E-state index is 6.64. The molecule has 0 unspecified atom stereocenters. The fourth-order valence-electron chi connectivity index (χ4n) is 3.27.